The van der Waals surface area contributed by atoms with Crippen LogP contribution in [-0.4, -0.2) is 42.7 Å². The smallest absolute Gasteiger partial charge is 0.327 e. The SMILES string of the molecule is CNCC1(C(F)(F)F)CCCCN1C(C)=O. The third-order valence-corrected chi connectivity index (χ3v) is 3.12. The molecule has 16 heavy (non-hydrogen) atoms. The molecule has 3 nitrogen and oxygen atoms in total. The number of nitrogens with one attached hydrogen (secondary N) is 1. The maximum atomic E-state index is 13.2. The van der Waals surface area contributed by atoms with Crippen LogP contribution in [0.4, 0.5) is 13.2 Å². The van der Waals surface area contributed by atoms with Crippen molar-refractivity contribution in [2.24, 2.45) is 0 Å². The number of piperidine rings is 1. The molecule has 1 atom stereocenters. The monoisotopic (exact) mass is 238 g/mol. The van der Waals surface area contributed by atoms with Gasteiger partial charge in [0, 0.05) is 20.0 Å². The molecule has 0 saturated carbocycles. The molecule has 1 rings (SSSR count). The van der Waals surface area contributed by atoms with E-state index in [0.29, 0.717) is 12.8 Å². The number of rotatable bonds is 2. The zero-order valence-electron chi connectivity index (χ0n) is 9.52. The van der Waals surface area contributed by atoms with E-state index in [-0.39, 0.29) is 19.5 Å². The van der Waals surface area contributed by atoms with Crippen LogP contribution >= 0.6 is 0 Å². The van der Waals surface area contributed by atoms with Crippen LogP contribution in [0.1, 0.15) is 26.2 Å². The molecule has 0 spiro atoms. The van der Waals surface area contributed by atoms with Gasteiger partial charge in [-0.3, -0.25) is 4.79 Å². The van der Waals surface area contributed by atoms with Crippen molar-refractivity contribution in [2.75, 3.05) is 20.1 Å². The van der Waals surface area contributed by atoms with Gasteiger partial charge in [-0.05, 0) is 26.3 Å². The van der Waals surface area contributed by atoms with Crippen LogP contribution in [0, 0.1) is 0 Å². The first-order valence-electron chi connectivity index (χ1n) is 5.35. The summed E-state index contributed by atoms with van der Waals surface area (Å²) in [6, 6.07) is 0. The van der Waals surface area contributed by atoms with Crippen LogP contribution in [0.3, 0.4) is 0 Å². The standard InChI is InChI=1S/C10H17F3N2O/c1-8(16)15-6-4-3-5-9(15,7-14-2)10(11,12)13/h14H,3-7H2,1-2H3. The van der Waals surface area contributed by atoms with Crippen molar-refractivity contribution >= 4 is 5.91 Å². The van der Waals surface area contributed by atoms with Gasteiger partial charge in [0.1, 0.15) is 0 Å². The van der Waals surface area contributed by atoms with Crippen molar-refractivity contribution in [1.29, 1.82) is 0 Å². The average Bonchev–Trinajstić information content (AvgIpc) is 2.16. The number of alkyl halides is 3. The minimum Gasteiger partial charge on any atom is -0.327 e. The maximum Gasteiger partial charge on any atom is 0.412 e. The molecule has 94 valence electrons. The summed E-state index contributed by atoms with van der Waals surface area (Å²) in [4.78, 5) is 12.3. The molecule has 1 amide bonds. The molecule has 1 saturated heterocycles. The van der Waals surface area contributed by atoms with Crippen molar-refractivity contribution in [2.45, 2.75) is 37.9 Å². The lowest BCUT2D eigenvalue weighted by atomic mass is 9.85. The molecule has 0 aromatic heterocycles. The summed E-state index contributed by atoms with van der Waals surface area (Å²) in [5, 5.41) is 2.56. The molecule has 1 heterocycles. The molecule has 0 bridgehead atoms. The van der Waals surface area contributed by atoms with E-state index in [2.05, 4.69) is 5.32 Å². The largest absolute Gasteiger partial charge is 0.412 e. The lowest BCUT2D eigenvalue weighted by Gasteiger charge is -2.47. The van der Waals surface area contributed by atoms with Gasteiger partial charge in [0.05, 0.1) is 0 Å². The van der Waals surface area contributed by atoms with E-state index >= 15 is 0 Å². The van der Waals surface area contributed by atoms with Gasteiger partial charge in [0.15, 0.2) is 5.54 Å². The Morgan fingerprint density at radius 2 is 2.06 bits per heavy atom. The van der Waals surface area contributed by atoms with E-state index in [1.165, 1.54) is 14.0 Å². The Labute approximate surface area is 93.0 Å². The Balaban J connectivity index is 3.08. The molecule has 0 aromatic rings. The van der Waals surface area contributed by atoms with Crippen molar-refractivity contribution < 1.29 is 18.0 Å². The van der Waals surface area contributed by atoms with E-state index < -0.39 is 17.6 Å². The van der Waals surface area contributed by atoms with Crippen molar-refractivity contribution in [1.82, 2.24) is 10.2 Å². The molecule has 0 aliphatic carbocycles. The van der Waals surface area contributed by atoms with Crippen LogP contribution in [0.5, 0.6) is 0 Å². The summed E-state index contributed by atoms with van der Waals surface area (Å²) < 4.78 is 39.5. The molecular formula is C10H17F3N2O. The van der Waals surface area contributed by atoms with Gasteiger partial charge in [0.2, 0.25) is 5.91 Å². The predicted octanol–water partition coefficient (Wildman–Crippen LogP) is 1.54. The molecule has 0 aromatic carbocycles. The number of nitrogens with zero attached hydrogens (tertiary/aromatic N) is 1. The predicted molar refractivity (Wildman–Crippen MR) is 54.0 cm³/mol. The van der Waals surface area contributed by atoms with Gasteiger partial charge in [-0.25, -0.2) is 0 Å². The molecule has 1 N–H and O–H groups in total. The summed E-state index contributed by atoms with van der Waals surface area (Å²) in [7, 11) is 1.47. The highest BCUT2D eigenvalue weighted by atomic mass is 19.4. The van der Waals surface area contributed by atoms with E-state index in [0.717, 1.165) is 4.90 Å². The number of halogens is 3. The average molecular weight is 238 g/mol. The van der Waals surface area contributed by atoms with Crippen LogP contribution < -0.4 is 5.32 Å². The van der Waals surface area contributed by atoms with Crippen molar-refractivity contribution in [3.05, 3.63) is 0 Å². The Morgan fingerprint density at radius 3 is 2.50 bits per heavy atom. The number of likely N-dealkylation sites (N-methyl/N-ethyl adjacent to an activating group) is 1. The number of likely N-dealkylation sites (tertiary alicyclic amines) is 1. The molecule has 1 fully saturated rings. The Morgan fingerprint density at radius 1 is 1.44 bits per heavy atom. The van der Waals surface area contributed by atoms with E-state index in [9.17, 15) is 18.0 Å². The highest BCUT2D eigenvalue weighted by molar-refractivity contribution is 5.74. The van der Waals surface area contributed by atoms with Crippen LogP contribution in [0.2, 0.25) is 0 Å². The Kier molecular flexibility index (Phi) is 3.83. The number of hydrogen-bond donors (Lipinski definition) is 1. The van der Waals surface area contributed by atoms with Gasteiger partial charge < -0.3 is 10.2 Å². The van der Waals surface area contributed by atoms with Gasteiger partial charge >= 0.3 is 6.18 Å². The van der Waals surface area contributed by atoms with E-state index in [4.69, 9.17) is 0 Å². The maximum absolute atomic E-state index is 13.2. The van der Waals surface area contributed by atoms with Gasteiger partial charge in [0.25, 0.3) is 0 Å². The lowest BCUT2D eigenvalue weighted by Crippen LogP contribution is -2.66. The second-order valence-corrected chi connectivity index (χ2v) is 4.19. The molecule has 1 aliphatic heterocycles. The summed E-state index contributed by atoms with van der Waals surface area (Å²) in [5.41, 5.74) is -2.02. The molecule has 0 radical (unpaired) electrons. The first-order chi connectivity index (χ1) is 7.35. The minimum atomic E-state index is -4.39. The Bertz CT molecular complexity index is 263. The second-order valence-electron chi connectivity index (χ2n) is 4.19. The molecule has 1 aliphatic rings. The van der Waals surface area contributed by atoms with Gasteiger partial charge in [-0.15, -0.1) is 0 Å². The number of carbonyl (C=O) groups excluding carboxylic acids is 1. The third kappa shape index (κ3) is 2.16. The fourth-order valence-electron chi connectivity index (χ4n) is 2.37. The number of carbonyl (C=O) groups is 1. The highest BCUT2D eigenvalue weighted by Gasteiger charge is 2.59. The number of amides is 1. The third-order valence-electron chi connectivity index (χ3n) is 3.12. The van der Waals surface area contributed by atoms with Crippen LogP contribution in [-0.2, 0) is 4.79 Å². The van der Waals surface area contributed by atoms with Crippen molar-refractivity contribution in [3.63, 3.8) is 0 Å². The van der Waals surface area contributed by atoms with Crippen molar-refractivity contribution in [3.8, 4) is 0 Å². The zero-order valence-corrected chi connectivity index (χ0v) is 9.52. The minimum absolute atomic E-state index is 0.0169. The topological polar surface area (TPSA) is 32.3 Å². The first-order valence-corrected chi connectivity index (χ1v) is 5.35. The second kappa shape index (κ2) is 4.61. The highest BCUT2D eigenvalue weighted by Crippen LogP contribution is 2.41. The number of hydrogen-bond acceptors (Lipinski definition) is 2. The van der Waals surface area contributed by atoms with Gasteiger partial charge in [-0.2, -0.15) is 13.2 Å². The first kappa shape index (κ1) is 13.3. The van der Waals surface area contributed by atoms with Crippen LogP contribution in [0.15, 0.2) is 0 Å². The summed E-state index contributed by atoms with van der Waals surface area (Å²) in [6.45, 7) is 1.15. The van der Waals surface area contributed by atoms with Crippen LogP contribution in [0.25, 0.3) is 0 Å². The lowest BCUT2D eigenvalue weighted by molar-refractivity contribution is -0.238. The van der Waals surface area contributed by atoms with E-state index in [1.807, 2.05) is 0 Å². The molecule has 1 unspecified atom stereocenters. The quantitative estimate of drug-likeness (QED) is 0.791. The fourth-order valence-corrected chi connectivity index (χ4v) is 2.37. The normalized spacial score (nSPS) is 26.9. The Hall–Kier alpha value is -0.780. The zero-order chi connectivity index (χ0) is 12.4. The summed E-state index contributed by atoms with van der Waals surface area (Å²) >= 11 is 0. The molecular weight excluding hydrogens is 221 g/mol. The van der Waals surface area contributed by atoms with E-state index in [1.54, 1.807) is 0 Å². The molecule has 6 heteroatoms. The summed E-state index contributed by atoms with van der Waals surface area (Å²) in [6.07, 6.45) is -3.26. The van der Waals surface area contributed by atoms with Gasteiger partial charge in [-0.1, -0.05) is 0 Å². The summed E-state index contributed by atoms with van der Waals surface area (Å²) in [5.74, 6) is -0.507. The fraction of sp³-hybridized carbons (Fsp3) is 0.900.